The monoisotopic (exact) mass is 237 g/mol. The minimum Gasteiger partial charge on any atom is -0.493 e. The van der Waals surface area contributed by atoms with Crippen molar-refractivity contribution >= 4 is 0 Å². The first-order chi connectivity index (χ1) is 8.22. The lowest BCUT2D eigenvalue weighted by Gasteiger charge is -2.17. The van der Waals surface area contributed by atoms with E-state index in [1.165, 1.54) is 12.0 Å². The second kappa shape index (κ2) is 7.17. The van der Waals surface area contributed by atoms with Crippen molar-refractivity contribution in [1.29, 1.82) is 0 Å². The summed E-state index contributed by atoms with van der Waals surface area (Å²) in [5.74, 6) is 1.67. The van der Waals surface area contributed by atoms with Gasteiger partial charge < -0.3 is 14.4 Å². The first kappa shape index (κ1) is 13.8. The van der Waals surface area contributed by atoms with Gasteiger partial charge in [0.1, 0.15) is 0 Å². The van der Waals surface area contributed by atoms with Crippen LogP contribution in [0.1, 0.15) is 18.9 Å². The highest BCUT2D eigenvalue weighted by Crippen LogP contribution is 2.30. The molecule has 3 heteroatoms. The molecular formula is C14H23NO2. The average molecular weight is 237 g/mol. The Morgan fingerprint density at radius 3 is 2.47 bits per heavy atom. The van der Waals surface area contributed by atoms with Gasteiger partial charge in [-0.25, -0.2) is 0 Å². The molecule has 0 amide bonds. The molecule has 0 saturated heterocycles. The number of likely N-dealkylation sites (N-methyl/N-ethyl adjacent to an activating group) is 1. The molecule has 0 aromatic heterocycles. The second-order valence-electron chi connectivity index (χ2n) is 4.21. The molecule has 1 rings (SSSR count). The molecule has 0 saturated carbocycles. The lowest BCUT2D eigenvalue weighted by Crippen LogP contribution is -2.22. The molecule has 0 heterocycles. The SMILES string of the molecule is CCCN(C)CCc1cccc(OC)c1OC. The van der Waals surface area contributed by atoms with E-state index in [1.54, 1.807) is 14.2 Å². The number of hydrogen-bond donors (Lipinski definition) is 0. The van der Waals surface area contributed by atoms with Gasteiger partial charge in [-0.3, -0.25) is 0 Å². The molecule has 0 N–H and O–H groups in total. The van der Waals surface area contributed by atoms with Crippen LogP contribution in [0.15, 0.2) is 18.2 Å². The Morgan fingerprint density at radius 1 is 1.12 bits per heavy atom. The summed E-state index contributed by atoms with van der Waals surface area (Å²) >= 11 is 0. The van der Waals surface area contributed by atoms with Crippen molar-refractivity contribution in [1.82, 2.24) is 4.90 Å². The number of rotatable bonds is 7. The van der Waals surface area contributed by atoms with E-state index >= 15 is 0 Å². The maximum atomic E-state index is 5.42. The molecular weight excluding hydrogens is 214 g/mol. The molecule has 17 heavy (non-hydrogen) atoms. The molecule has 0 spiro atoms. The van der Waals surface area contributed by atoms with Crippen LogP contribution in [-0.2, 0) is 6.42 Å². The summed E-state index contributed by atoms with van der Waals surface area (Å²) in [4.78, 5) is 2.33. The van der Waals surface area contributed by atoms with E-state index in [-0.39, 0.29) is 0 Å². The molecule has 0 aliphatic carbocycles. The van der Waals surface area contributed by atoms with E-state index in [9.17, 15) is 0 Å². The molecule has 1 aromatic rings. The fourth-order valence-electron chi connectivity index (χ4n) is 1.96. The van der Waals surface area contributed by atoms with Crippen molar-refractivity contribution in [2.45, 2.75) is 19.8 Å². The molecule has 0 aliphatic heterocycles. The molecule has 0 aliphatic rings. The topological polar surface area (TPSA) is 21.7 Å². The zero-order valence-electron chi connectivity index (χ0n) is 11.3. The van der Waals surface area contributed by atoms with Crippen molar-refractivity contribution < 1.29 is 9.47 Å². The van der Waals surface area contributed by atoms with Crippen LogP contribution < -0.4 is 9.47 Å². The van der Waals surface area contributed by atoms with E-state index < -0.39 is 0 Å². The minimum absolute atomic E-state index is 0.808. The van der Waals surface area contributed by atoms with Gasteiger partial charge in [-0.05, 0) is 38.1 Å². The molecule has 3 nitrogen and oxygen atoms in total. The third-order valence-corrected chi connectivity index (χ3v) is 2.85. The van der Waals surface area contributed by atoms with Crippen molar-refractivity contribution in [2.24, 2.45) is 0 Å². The predicted octanol–water partition coefficient (Wildman–Crippen LogP) is 2.59. The minimum atomic E-state index is 0.808. The summed E-state index contributed by atoms with van der Waals surface area (Å²) in [5, 5.41) is 0. The Bertz CT molecular complexity index is 339. The van der Waals surface area contributed by atoms with Crippen LogP contribution in [0.3, 0.4) is 0 Å². The van der Waals surface area contributed by atoms with Crippen LogP contribution in [0.2, 0.25) is 0 Å². The molecule has 0 atom stereocenters. The second-order valence-corrected chi connectivity index (χ2v) is 4.21. The molecule has 96 valence electrons. The molecule has 0 bridgehead atoms. The fourth-order valence-corrected chi connectivity index (χ4v) is 1.96. The summed E-state index contributed by atoms with van der Waals surface area (Å²) in [6.45, 7) is 4.37. The highest BCUT2D eigenvalue weighted by molar-refractivity contribution is 5.46. The van der Waals surface area contributed by atoms with Gasteiger partial charge in [-0.15, -0.1) is 0 Å². The van der Waals surface area contributed by atoms with Crippen molar-refractivity contribution in [2.75, 3.05) is 34.4 Å². The molecule has 0 radical (unpaired) electrons. The summed E-state index contributed by atoms with van der Waals surface area (Å²) in [5.41, 5.74) is 1.20. The smallest absolute Gasteiger partial charge is 0.163 e. The summed E-state index contributed by atoms with van der Waals surface area (Å²) in [6, 6.07) is 6.04. The van der Waals surface area contributed by atoms with Crippen molar-refractivity contribution in [3.63, 3.8) is 0 Å². The highest BCUT2D eigenvalue weighted by Gasteiger charge is 2.09. The Balaban J connectivity index is 2.70. The van der Waals surface area contributed by atoms with Crippen molar-refractivity contribution in [3.8, 4) is 11.5 Å². The Labute approximate surface area is 104 Å². The first-order valence-corrected chi connectivity index (χ1v) is 6.11. The first-order valence-electron chi connectivity index (χ1n) is 6.11. The largest absolute Gasteiger partial charge is 0.493 e. The van der Waals surface area contributed by atoms with Crippen molar-refractivity contribution in [3.05, 3.63) is 23.8 Å². The maximum absolute atomic E-state index is 5.42. The van der Waals surface area contributed by atoms with E-state index in [0.717, 1.165) is 31.0 Å². The lowest BCUT2D eigenvalue weighted by atomic mass is 10.1. The number of para-hydroxylation sites is 1. The number of ether oxygens (including phenoxy) is 2. The third-order valence-electron chi connectivity index (χ3n) is 2.85. The molecule has 0 fully saturated rings. The number of methoxy groups -OCH3 is 2. The standard InChI is InChI=1S/C14H23NO2/c1-5-10-15(2)11-9-12-7-6-8-13(16-3)14(12)17-4/h6-8H,5,9-11H2,1-4H3. The van der Waals surface area contributed by atoms with E-state index in [4.69, 9.17) is 9.47 Å². The van der Waals surface area contributed by atoms with Crippen LogP contribution in [0.5, 0.6) is 11.5 Å². The normalized spacial score (nSPS) is 10.6. The van der Waals surface area contributed by atoms with Crippen LogP contribution in [0, 0.1) is 0 Å². The van der Waals surface area contributed by atoms with E-state index in [1.807, 2.05) is 12.1 Å². The van der Waals surface area contributed by atoms with Gasteiger partial charge in [-0.1, -0.05) is 19.1 Å². The van der Waals surface area contributed by atoms with E-state index in [2.05, 4.69) is 24.9 Å². The Morgan fingerprint density at radius 2 is 1.88 bits per heavy atom. The van der Waals surface area contributed by atoms with Gasteiger partial charge in [0.2, 0.25) is 0 Å². The lowest BCUT2D eigenvalue weighted by molar-refractivity contribution is 0.329. The van der Waals surface area contributed by atoms with Crippen LogP contribution in [0.4, 0.5) is 0 Å². The van der Waals surface area contributed by atoms with Gasteiger partial charge in [-0.2, -0.15) is 0 Å². The van der Waals surface area contributed by atoms with Crippen LogP contribution >= 0.6 is 0 Å². The zero-order chi connectivity index (χ0) is 12.7. The number of nitrogens with zero attached hydrogens (tertiary/aromatic N) is 1. The number of benzene rings is 1. The Hall–Kier alpha value is -1.22. The molecule has 0 unspecified atom stereocenters. The van der Waals surface area contributed by atoms with Gasteiger partial charge in [0, 0.05) is 6.54 Å². The Kier molecular flexibility index (Phi) is 5.84. The van der Waals surface area contributed by atoms with Gasteiger partial charge in [0.25, 0.3) is 0 Å². The van der Waals surface area contributed by atoms with E-state index in [0.29, 0.717) is 0 Å². The summed E-state index contributed by atoms with van der Waals surface area (Å²) < 4.78 is 10.7. The van der Waals surface area contributed by atoms with Gasteiger partial charge in [0.15, 0.2) is 11.5 Å². The predicted molar refractivity (Wildman–Crippen MR) is 71.0 cm³/mol. The number of hydrogen-bond acceptors (Lipinski definition) is 3. The fraction of sp³-hybridized carbons (Fsp3) is 0.571. The summed E-state index contributed by atoms with van der Waals surface area (Å²) in [6.07, 6.45) is 2.17. The third kappa shape index (κ3) is 3.93. The van der Waals surface area contributed by atoms with Gasteiger partial charge in [0.05, 0.1) is 14.2 Å². The highest BCUT2D eigenvalue weighted by atomic mass is 16.5. The van der Waals surface area contributed by atoms with Crippen LogP contribution in [-0.4, -0.2) is 39.3 Å². The average Bonchev–Trinajstić information content (AvgIpc) is 2.36. The summed E-state index contributed by atoms with van der Waals surface area (Å²) in [7, 11) is 5.51. The van der Waals surface area contributed by atoms with Gasteiger partial charge >= 0.3 is 0 Å². The maximum Gasteiger partial charge on any atom is 0.163 e. The van der Waals surface area contributed by atoms with Crippen LogP contribution in [0.25, 0.3) is 0 Å². The quantitative estimate of drug-likeness (QED) is 0.727. The zero-order valence-corrected chi connectivity index (χ0v) is 11.3. The molecule has 1 aromatic carbocycles.